The Morgan fingerprint density at radius 2 is 2.25 bits per heavy atom. The van der Waals surface area contributed by atoms with Gasteiger partial charge >= 0.3 is 0 Å². The number of nitrogens with zero attached hydrogens (tertiary/aromatic N) is 1. The molecule has 1 rings (SSSR count). The van der Waals surface area contributed by atoms with E-state index in [-0.39, 0.29) is 0 Å². The van der Waals surface area contributed by atoms with Gasteiger partial charge in [0.1, 0.15) is 0 Å². The van der Waals surface area contributed by atoms with Crippen LogP contribution in [0.1, 0.15) is 33.1 Å². The van der Waals surface area contributed by atoms with E-state index in [4.69, 9.17) is 0 Å². The minimum absolute atomic E-state index is 0.821. The maximum Gasteiger partial charge on any atom is 0.0220 e. The van der Waals surface area contributed by atoms with Crippen molar-refractivity contribution >= 4 is 0 Å². The summed E-state index contributed by atoms with van der Waals surface area (Å²) in [5.41, 5.74) is 0. The van der Waals surface area contributed by atoms with Gasteiger partial charge in [-0.1, -0.05) is 13.8 Å². The molecule has 0 unspecified atom stereocenters. The van der Waals surface area contributed by atoms with E-state index < -0.39 is 0 Å². The summed E-state index contributed by atoms with van der Waals surface area (Å²) < 4.78 is 0. The fourth-order valence-corrected chi connectivity index (χ4v) is 1.99. The molecule has 2 nitrogen and oxygen atoms in total. The van der Waals surface area contributed by atoms with Gasteiger partial charge in [-0.25, -0.2) is 0 Å². The Labute approximate surface area is 76.3 Å². The van der Waals surface area contributed by atoms with Gasteiger partial charge in [0.2, 0.25) is 0 Å². The molecule has 1 saturated heterocycles. The summed E-state index contributed by atoms with van der Waals surface area (Å²) in [4.78, 5) is 2.59. The number of nitrogens with one attached hydrogen (secondary N) is 1. The van der Waals surface area contributed by atoms with Crippen molar-refractivity contribution in [2.24, 2.45) is 0 Å². The highest BCUT2D eigenvalue weighted by atomic mass is 15.2. The van der Waals surface area contributed by atoms with Crippen molar-refractivity contribution in [3.05, 3.63) is 0 Å². The number of rotatable bonds is 5. The zero-order valence-electron chi connectivity index (χ0n) is 8.47. The van der Waals surface area contributed by atoms with E-state index in [1.807, 2.05) is 0 Å². The molecular formula is C10H22N2. The second-order valence-corrected chi connectivity index (χ2v) is 3.63. The molecule has 0 bridgehead atoms. The smallest absolute Gasteiger partial charge is 0.0220 e. The summed E-state index contributed by atoms with van der Waals surface area (Å²) in [6.45, 7) is 9.39. The van der Waals surface area contributed by atoms with E-state index in [1.165, 1.54) is 45.4 Å². The van der Waals surface area contributed by atoms with Gasteiger partial charge in [0.15, 0.2) is 0 Å². The van der Waals surface area contributed by atoms with Crippen molar-refractivity contribution in [3.8, 4) is 0 Å². The van der Waals surface area contributed by atoms with E-state index in [9.17, 15) is 0 Å². The monoisotopic (exact) mass is 170 g/mol. The SMILES string of the molecule is CCCNC[C@H]1CCCN1CC. The van der Waals surface area contributed by atoms with Crippen LogP contribution < -0.4 is 5.32 Å². The van der Waals surface area contributed by atoms with Crippen molar-refractivity contribution in [3.63, 3.8) is 0 Å². The molecule has 72 valence electrons. The quantitative estimate of drug-likeness (QED) is 0.629. The average Bonchev–Trinajstić information content (AvgIpc) is 2.52. The maximum absolute atomic E-state index is 3.50. The summed E-state index contributed by atoms with van der Waals surface area (Å²) in [7, 11) is 0. The third kappa shape index (κ3) is 2.76. The summed E-state index contributed by atoms with van der Waals surface area (Å²) >= 11 is 0. The van der Waals surface area contributed by atoms with Gasteiger partial charge in [-0.3, -0.25) is 4.90 Å². The summed E-state index contributed by atoms with van der Waals surface area (Å²) in [6.07, 6.45) is 4.04. The van der Waals surface area contributed by atoms with Crippen molar-refractivity contribution in [1.82, 2.24) is 10.2 Å². The molecule has 0 aromatic rings. The third-order valence-corrected chi connectivity index (χ3v) is 2.71. The Hall–Kier alpha value is -0.0800. The molecule has 12 heavy (non-hydrogen) atoms. The number of hydrogen-bond acceptors (Lipinski definition) is 2. The molecular weight excluding hydrogens is 148 g/mol. The van der Waals surface area contributed by atoms with Gasteiger partial charge in [-0.15, -0.1) is 0 Å². The lowest BCUT2D eigenvalue weighted by Crippen LogP contribution is -2.37. The first-order valence-electron chi connectivity index (χ1n) is 5.33. The van der Waals surface area contributed by atoms with Crippen LogP contribution in [0.2, 0.25) is 0 Å². The van der Waals surface area contributed by atoms with Crippen LogP contribution in [0.25, 0.3) is 0 Å². The molecule has 1 heterocycles. The van der Waals surface area contributed by atoms with Crippen LogP contribution in [0.5, 0.6) is 0 Å². The molecule has 1 N–H and O–H groups in total. The molecule has 1 fully saturated rings. The van der Waals surface area contributed by atoms with Gasteiger partial charge < -0.3 is 5.32 Å². The largest absolute Gasteiger partial charge is 0.315 e. The zero-order chi connectivity index (χ0) is 8.81. The molecule has 0 aliphatic carbocycles. The minimum Gasteiger partial charge on any atom is -0.315 e. The van der Waals surface area contributed by atoms with Gasteiger partial charge in [0, 0.05) is 12.6 Å². The standard InChI is InChI=1S/C10H22N2/c1-3-7-11-9-10-6-5-8-12(10)4-2/h10-11H,3-9H2,1-2H3/t10-/m1/s1. The van der Waals surface area contributed by atoms with Gasteiger partial charge in [-0.05, 0) is 38.9 Å². The Morgan fingerprint density at radius 1 is 1.42 bits per heavy atom. The number of hydrogen-bond donors (Lipinski definition) is 1. The summed E-state index contributed by atoms with van der Waals surface area (Å²) in [5, 5.41) is 3.50. The van der Waals surface area contributed by atoms with Crippen molar-refractivity contribution in [2.75, 3.05) is 26.2 Å². The highest BCUT2D eigenvalue weighted by molar-refractivity contribution is 4.79. The van der Waals surface area contributed by atoms with Crippen LogP contribution in [0.4, 0.5) is 0 Å². The van der Waals surface area contributed by atoms with E-state index >= 15 is 0 Å². The lowest BCUT2D eigenvalue weighted by atomic mass is 10.2. The highest BCUT2D eigenvalue weighted by Crippen LogP contribution is 2.15. The first kappa shape index (κ1) is 10.0. The molecule has 0 spiro atoms. The summed E-state index contributed by atoms with van der Waals surface area (Å²) in [5.74, 6) is 0. The maximum atomic E-state index is 3.50. The number of likely N-dealkylation sites (tertiary alicyclic amines) is 1. The van der Waals surface area contributed by atoms with E-state index in [2.05, 4.69) is 24.1 Å². The molecule has 0 aromatic heterocycles. The van der Waals surface area contributed by atoms with E-state index in [1.54, 1.807) is 0 Å². The Morgan fingerprint density at radius 3 is 2.92 bits per heavy atom. The van der Waals surface area contributed by atoms with Crippen molar-refractivity contribution in [2.45, 2.75) is 39.2 Å². The second kappa shape index (κ2) is 5.55. The molecule has 0 radical (unpaired) electrons. The van der Waals surface area contributed by atoms with Gasteiger partial charge in [-0.2, -0.15) is 0 Å². The molecule has 0 amide bonds. The van der Waals surface area contributed by atoms with Crippen LogP contribution in [0, 0.1) is 0 Å². The van der Waals surface area contributed by atoms with E-state index in [0.29, 0.717) is 0 Å². The second-order valence-electron chi connectivity index (χ2n) is 3.63. The lowest BCUT2D eigenvalue weighted by Gasteiger charge is -2.22. The summed E-state index contributed by atoms with van der Waals surface area (Å²) in [6, 6.07) is 0.821. The van der Waals surface area contributed by atoms with Crippen LogP contribution in [-0.2, 0) is 0 Å². The Balaban J connectivity index is 2.12. The molecule has 1 aliphatic heterocycles. The minimum atomic E-state index is 0.821. The van der Waals surface area contributed by atoms with Crippen LogP contribution in [-0.4, -0.2) is 37.1 Å². The van der Waals surface area contributed by atoms with Crippen LogP contribution >= 0.6 is 0 Å². The van der Waals surface area contributed by atoms with Gasteiger partial charge in [0.05, 0.1) is 0 Å². The third-order valence-electron chi connectivity index (χ3n) is 2.71. The predicted octanol–water partition coefficient (Wildman–Crippen LogP) is 1.47. The Kier molecular flexibility index (Phi) is 4.62. The fraction of sp³-hybridized carbons (Fsp3) is 1.00. The molecule has 1 aliphatic rings. The Bertz CT molecular complexity index is 114. The number of likely N-dealkylation sites (N-methyl/N-ethyl adjacent to an activating group) is 1. The average molecular weight is 170 g/mol. The van der Waals surface area contributed by atoms with E-state index in [0.717, 1.165) is 6.04 Å². The topological polar surface area (TPSA) is 15.3 Å². The van der Waals surface area contributed by atoms with Gasteiger partial charge in [0.25, 0.3) is 0 Å². The predicted molar refractivity (Wildman–Crippen MR) is 53.4 cm³/mol. The first-order valence-corrected chi connectivity index (χ1v) is 5.33. The van der Waals surface area contributed by atoms with Crippen molar-refractivity contribution < 1.29 is 0 Å². The molecule has 2 heteroatoms. The van der Waals surface area contributed by atoms with Crippen LogP contribution in [0.15, 0.2) is 0 Å². The highest BCUT2D eigenvalue weighted by Gasteiger charge is 2.21. The van der Waals surface area contributed by atoms with Crippen molar-refractivity contribution in [1.29, 1.82) is 0 Å². The molecule has 0 saturated carbocycles. The molecule has 1 atom stereocenters. The fourth-order valence-electron chi connectivity index (χ4n) is 1.99. The first-order chi connectivity index (χ1) is 5.88. The lowest BCUT2D eigenvalue weighted by molar-refractivity contribution is 0.260. The zero-order valence-corrected chi connectivity index (χ0v) is 8.47. The van der Waals surface area contributed by atoms with Crippen LogP contribution in [0.3, 0.4) is 0 Å². The molecule has 0 aromatic carbocycles. The normalized spacial score (nSPS) is 25.0.